The number of alkyl halides is 6. The molecule has 274 valence electrons. The van der Waals surface area contributed by atoms with Crippen molar-refractivity contribution in [3.05, 3.63) is 47.3 Å². The summed E-state index contributed by atoms with van der Waals surface area (Å²) in [6.45, 7) is 3.21. The highest BCUT2D eigenvalue weighted by atomic mass is 32.2. The maximum atomic E-state index is 13.4. The van der Waals surface area contributed by atoms with E-state index < -0.39 is 33.9 Å². The number of piperidine rings is 1. The Morgan fingerprint density at radius 2 is 1.49 bits per heavy atom. The molecular formula is C31H42F6N6O5S. The fourth-order valence-corrected chi connectivity index (χ4v) is 6.04. The molecule has 2 fully saturated rings. The number of hydrogen-bond donors (Lipinski definition) is 3. The summed E-state index contributed by atoms with van der Waals surface area (Å²) in [4.78, 5) is 33.1. The number of benzene rings is 1. The average molecular weight is 725 g/mol. The summed E-state index contributed by atoms with van der Waals surface area (Å²) in [5.41, 5.74) is 0.104. The Morgan fingerprint density at radius 1 is 0.898 bits per heavy atom. The van der Waals surface area contributed by atoms with E-state index >= 15 is 0 Å². The number of amides is 2. The Bertz CT molecular complexity index is 1450. The second kappa shape index (κ2) is 18.4. The van der Waals surface area contributed by atoms with E-state index in [0.29, 0.717) is 75.9 Å². The van der Waals surface area contributed by atoms with E-state index in [-0.39, 0.29) is 24.6 Å². The second-order valence-electron chi connectivity index (χ2n) is 11.9. The molecule has 2 aliphatic heterocycles. The number of aromatic nitrogens is 2. The van der Waals surface area contributed by atoms with Crippen LogP contribution in [0.2, 0.25) is 0 Å². The molecule has 0 atom stereocenters. The lowest BCUT2D eigenvalue weighted by Gasteiger charge is -2.33. The zero-order valence-electron chi connectivity index (χ0n) is 26.9. The maximum Gasteiger partial charge on any atom is 0.451 e. The second-order valence-corrected chi connectivity index (χ2v) is 13.5. The number of rotatable bonds is 14. The molecule has 0 saturated carbocycles. The minimum atomic E-state index is -4.60. The zero-order chi connectivity index (χ0) is 36.1. The molecule has 0 aliphatic carbocycles. The molecule has 2 amide bonds. The van der Waals surface area contributed by atoms with E-state index in [1.54, 1.807) is 6.07 Å². The predicted molar refractivity (Wildman–Crippen MR) is 171 cm³/mol. The van der Waals surface area contributed by atoms with Crippen LogP contribution in [0.4, 0.5) is 38.0 Å². The van der Waals surface area contributed by atoms with E-state index in [4.69, 9.17) is 4.55 Å². The van der Waals surface area contributed by atoms with Gasteiger partial charge in [-0.2, -0.15) is 34.8 Å². The number of nitrogens with one attached hydrogen (secondary N) is 2. The van der Waals surface area contributed by atoms with Gasteiger partial charge >= 0.3 is 12.4 Å². The van der Waals surface area contributed by atoms with E-state index in [9.17, 15) is 44.3 Å². The molecule has 0 spiro atoms. The number of carbonyl (C=O) groups excluding carboxylic acids is 2. The Kier molecular flexibility index (Phi) is 14.9. The molecule has 18 heteroatoms. The summed E-state index contributed by atoms with van der Waals surface area (Å²) in [5.74, 6) is -0.626. The Morgan fingerprint density at radius 3 is 2.02 bits per heavy atom. The molecule has 0 unspecified atom stereocenters. The van der Waals surface area contributed by atoms with Crippen LogP contribution in [-0.4, -0.2) is 80.3 Å². The monoisotopic (exact) mass is 724 g/mol. The highest BCUT2D eigenvalue weighted by molar-refractivity contribution is 7.85. The topological polar surface area (TPSA) is 145 Å². The first-order valence-corrected chi connectivity index (χ1v) is 17.7. The summed E-state index contributed by atoms with van der Waals surface area (Å²) in [7, 11) is -4.02. The van der Waals surface area contributed by atoms with Crippen molar-refractivity contribution >= 4 is 34.1 Å². The van der Waals surface area contributed by atoms with Gasteiger partial charge in [0.2, 0.25) is 18.1 Å². The molecule has 3 heterocycles. The largest absolute Gasteiger partial charge is 0.451 e. The lowest BCUT2D eigenvalue weighted by Crippen LogP contribution is -2.35. The van der Waals surface area contributed by atoms with Crippen LogP contribution < -0.4 is 20.4 Å². The first-order valence-electron chi connectivity index (χ1n) is 16.1. The third-order valence-corrected chi connectivity index (χ3v) is 8.97. The SMILES string of the molecule is O=C(CCCC1CCN(c2cc(N3CCCC3)nc(C(F)(F)F)n2)CC1)NCCCS(=O)(=O)O.O=CNCCc1ccc(C(F)(F)F)cc1. The van der Waals surface area contributed by atoms with Gasteiger partial charge in [-0.05, 0) is 75.0 Å². The van der Waals surface area contributed by atoms with Crippen molar-refractivity contribution in [2.45, 2.75) is 70.1 Å². The lowest BCUT2D eigenvalue weighted by molar-refractivity contribution is -0.144. The zero-order valence-corrected chi connectivity index (χ0v) is 27.7. The molecule has 0 bridgehead atoms. The summed E-state index contributed by atoms with van der Waals surface area (Å²) < 4.78 is 107. The van der Waals surface area contributed by atoms with Gasteiger partial charge in [-0.15, -0.1) is 0 Å². The molecule has 2 saturated heterocycles. The molecule has 3 N–H and O–H groups in total. The van der Waals surface area contributed by atoms with Crippen LogP contribution in [0.25, 0.3) is 0 Å². The van der Waals surface area contributed by atoms with Crippen LogP contribution in [-0.2, 0) is 38.5 Å². The lowest BCUT2D eigenvalue weighted by atomic mass is 9.91. The number of carbonyl (C=O) groups is 2. The van der Waals surface area contributed by atoms with Gasteiger partial charge in [-0.1, -0.05) is 12.1 Å². The highest BCUT2D eigenvalue weighted by Crippen LogP contribution is 2.33. The van der Waals surface area contributed by atoms with E-state index in [0.717, 1.165) is 49.8 Å². The Labute approximate surface area is 281 Å². The van der Waals surface area contributed by atoms with Crippen molar-refractivity contribution in [1.29, 1.82) is 0 Å². The highest BCUT2D eigenvalue weighted by Gasteiger charge is 2.37. The van der Waals surface area contributed by atoms with Crippen molar-refractivity contribution in [3.8, 4) is 0 Å². The fourth-order valence-electron chi connectivity index (χ4n) is 5.53. The average Bonchev–Trinajstić information content (AvgIpc) is 3.58. The van der Waals surface area contributed by atoms with E-state index in [2.05, 4.69) is 20.6 Å². The smallest absolute Gasteiger partial charge is 0.358 e. The maximum absolute atomic E-state index is 13.4. The van der Waals surface area contributed by atoms with Gasteiger partial charge in [0.25, 0.3) is 10.1 Å². The van der Waals surface area contributed by atoms with Crippen LogP contribution in [0.3, 0.4) is 0 Å². The van der Waals surface area contributed by atoms with Crippen LogP contribution >= 0.6 is 0 Å². The normalized spacial score (nSPS) is 15.8. The molecule has 1 aromatic heterocycles. The summed E-state index contributed by atoms with van der Waals surface area (Å²) in [6.07, 6.45) is -2.32. The van der Waals surface area contributed by atoms with Crippen molar-refractivity contribution in [2.24, 2.45) is 5.92 Å². The summed E-state index contributed by atoms with van der Waals surface area (Å²) in [5, 5.41) is 5.07. The number of anilines is 2. The van der Waals surface area contributed by atoms with Gasteiger partial charge in [0.05, 0.1) is 11.3 Å². The van der Waals surface area contributed by atoms with E-state index in [1.807, 2.05) is 9.80 Å². The van der Waals surface area contributed by atoms with Gasteiger partial charge in [-0.3, -0.25) is 14.1 Å². The van der Waals surface area contributed by atoms with Gasteiger partial charge in [0.15, 0.2) is 0 Å². The van der Waals surface area contributed by atoms with E-state index in [1.165, 1.54) is 12.1 Å². The molecular weight excluding hydrogens is 682 g/mol. The number of halogens is 6. The molecule has 4 rings (SSSR count). The fraction of sp³-hybridized carbons (Fsp3) is 0.613. The molecule has 2 aliphatic rings. The summed E-state index contributed by atoms with van der Waals surface area (Å²) >= 11 is 0. The molecule has 0 radical (unpaired) electrons. The summed E-state index contributed by atoms with van der Waals surface area (Å²) in [6, 6.07) is 6.56. The van der Waals surface area contributed by atoms with Crippen molar-refractivity contribution < 1.29 is 48.9 Å². The molecule has 2 aromatic rings. The van der Waals surface area contributed by atoms with Crippen LogP contribution in [0.15, 0.2) is 30.3 Å². The minimum absolute atomic E-state index is 0.154. The first-order chi connectivity index (χ1) is 23.0. The molecule has 49 heavy (non-hydrogen) atoms. The van der Waals surface area contributed by atoms with Crippen molar-refractivity contribution in [3.63, 3.8) is 0 Å². The molecule has 11 nitrogen and oxygen atoms in total. The molecule has 1 aromatic carbocycles. The number of nitrogens with zero attached hydrogens (tertiary/aromatic N) is 4. The van der Waals surface area contributed by atoms with Gasteiger partial charge in [0, 0.05) is 51.8 Å². The first kappa shape index (κ1) is 39.8. The van der Waals surface area contributed by atoms with Crippen LogP contribution in [0.1, 0.15) is 68.3 Å². The number of hydrogen-bond acceptors (Lipinski definition) is 8. The third-order valence-electron chi connectivity index (χ3n) is 8.16. The predicted octanol–water partition coefficient (Wildman–Crippen LogP) is 4.87. The van der Waals surface area contributed by atoms with Crippen LogP contribution in [0, 0.1) is 5.92 Å². The Hall–Kier alpha value is -3.67. The minimum Gasteiger partial charge on any atom is -0.358 e. The quantitative estimate of drug-likeness (QED) is 0.108. The van der Waals surface area contributed by atoms with Crippen molar-refractivity contribution in [2.75, 3.05) is 54.8 Å². The van der Waals surface area contributed by atoms with Crippen LogP contribution in [0.5, 0.6) is 0 Å². The van der Waals surface area contributed by atoms with Crippen molar-refractivity contribution in [1.82, 2.24) is 20.6 Å². The van der Waals surface area contributed by atoms with Gasteiger partial charge in [0.1, 0.15) is 11.6 Å². The third kappa shape index (κ3) is 14.4. The van der Waals surface area contributed by atoms with Gasteiger partial charge < -0.3 is 20.4 Å². The standard InChI is InChI=1S/C21H32F3N5O4S.C10H10F3NO/c22-21(23,24)20-26-17(28-10-1-2-11-28)15-18(27-20)29-12-7-16(8-13-29)5-3-6-19(30)25-9-4-14-34(31,32)33;11-10(12,13)9-3-1-8(2-4-9)5-6-14-7-15/h15-16H,1-14H2,(H,25,30)(H,31,32,33);1-4,7H,5-6H2,(H,14,15). The Balaban J connectivity index is 0.000000362. The van der Waals surface area contributed by atoms with Gasteiger partial charge in [-0.25, -0.2) is 9.97 Å².